The van der Waals surface area contributed by atoms with Crippen molar-refractivity contribution in [2.24, 2.45) is 0 Å². The van der Waals surface area contributed by atoms with Crippen LogP contribution in [0, 0.1) is 0 Å². The molecular formula is C19H19N3O5S2. The molecule has 1 amide bonds. The van der Waals surface area contributed by atoms with Crippen molar-refractivity contribution in [1.29, 1.82) is 0 Å². The van der Waals surface area contributed by atoms with Gasteiger partial charge in [-0.1, -0.05) is 0 Å². The molecule has 8 nitrogen and oxygen atoms in total. The molecule has 0 bridgehead atoms. The van der Waals surface area contributed by atoms with Crippen molar-refractivity contribution < 1.29 is 22.7 Å². The topological polar surface area (TPSA) is 107 Å². The van der Waals surface area contributed by atoms with Gasteiger partial charge in [-0.3, -0.25) is 9.52 Å². The smallest absolute Gasteiger partial charge is 0.255 e. The molecule has 1 heterocycles. The molecule has 0 radical (unpaired) electrons. The van der Waals surface area contributed by atoms with Gasteiger partial charge in [-0.05, 0) is 42.5 Å². The molecule has 0 saturated carbocycles. The first kappa shape index (κ1) is 20.6. The van der Waals surface area contributed by atoms with E-state index >= 15 is 0 Å². The minimum atomic E-state index is -3.35. The lowest BCUT2D eigenvalue weighted by atomic mass is 10.1. The number of benzene rings is 2. The van der Waals surface area contributed by atoms with Crippen molar-refractivity contribution in [1.82, 2.24) is 4.98 Å². The zero-order chi connectivity index (χ0) is 20.9. The van der Waals surface area contributed by atoms with E-state index < -0.39 is 10.0 Å². The van der Waals surface area contributed by atoms with E-state index in [9.17, 15) is 13.2 Å². The molecule has 0 atom stereocenters. The predicted molar refractivity (Wildman–Crippen MR) is 112 cm³/mol. The summed E-state index contributed by atoms with van der Waals surface area (Å²) in [7, 11) is -1.85. The highest BCUT2D eigenvalue weighted by molar-refractivity contribution is 7.92. The molecule has 0 aliphatic rings. The first-order valence-corrected chi connectivity index (χ1v) is 11.2. The largest absolute Gasteiger partial charge is 0.493 e. The van der Waals surface area contributed by atoms with E-state index in [2.05, 4.69) is 15.0 Å². The number of hydrogen-bond donors (Lipinski definition) is 2. The average molecular weight is 434 g/mol. The van der Waals surface area contributed by atoms with Crippen molar-refractivity contribution in [3.63, 3.8) is 0 Å². The fraction of sp³-hybridized carbons (Fsp3) is 0.158. The van der Waals surface area contributed by atoms with E-state index in [1.165, 1.54) is 18.4 Å². The molecule has 0 spiro atoms. The summed E-state index contributed by atoms with van der Waals surface area (Å²) in [5, 5.41) is 4.65. The van der Waals surface area contributed by atoms with Crippen LogP contribution in [0.3, 0.4) is 0 Å². The van der Waals surface area contributed by atoms with E-state index in [4.69, 9.17) is 9.47 Å². The summed E-state index contributed by atoms with van der Waals surface area (Å²) in [5.41, 5.74) is 3.87. The van der Waals surface area contributed by atoms with Crippen molar-refractivity contribution in [2.75, 3.05) is 23.4 Å². The Balaban J connectivity index is 1.67. The highest BCUT2D eigenvalue weighted by Crippen LogP contribution is 2.29. The van der Waals surface area contributed by atoms with Crippen LogP contribution in [-0.4, -0.2) is 32.7 Å². The third-order valence-electron chi connectivity index (χ3n) is 3.73. The van der Waals surface area contributed by atoms with Gasteiger partial charge >= 0.3 is 0 Å². The van der Waals surface area contributed by atoms with Crippen LogP contribution in [0.1, 0.15) is 16.1 Å². The molecule has 0 fully saturated rings. The van der Waals surface area contributed by atoms with E-state index in [1.807, 2.05) is 5.38 Å². The van der Waals surface area contributed by atoms with Crippen LogP contribution < -0.4 is 19.5 Å². The number of sulfonamides is 1. The lowest BCUT2D eigenvalue weighted by molar-refractivity contribution is 0.102. The molecule has 2 aromatic carbocycles. The normalized spacial score (nSPS) is 11.0. The summed E-state index contributed by atoms with van der Waals surface area (Å²) in [6, 6.07) is 11.2. The number of aromatic nitrogens is 1. The van der Waals surface area contributed by atoms with Gasteiger partial charge in [-0.2, -0.15) is 0 Å². The molecule has 3 aromatic rings. The lowest BCUT2D eigenvalue weighted by Crippen LogP contribution is -2.13. The molecule has 0 aliphatic carbocycles. The number of hydrogen-bond acceptors (Lipinski definition) is 7. The molecule has 29 heavy (non-hydrogen) atoms. The van der Waals surface area contributed by atoms with E-state index in [1.54, 1.807) is 48.0 Å². The van der Waals surface area contributed by atoms with E-state index in [-0.39, 0.29) is 5.91 Å². The second-order valence-corrected chi connectivity index (χ2v) is 8.51. The lowest BCUT2D eigenvalue weighted by Gasteiger charge is -2.12. The Bertz CT molecular complexity index is 1080. The van der Waals surface area contributed by atoms with Gasteiger partial charge < -0.3 is 14.8 Å². The maximum absolute atomic E-state index is 12.5. The maximum Gasteiger partial charge on any atom is 0.255 e. The number of rotatable bonds is 8. The number of thiazole rings is 1. The van der Waals surface area contributed by atoms with Crippen LogP contribution in [0.5, 0.6) is 11.5 Å². The summed E-state index contributed by atoms with van der Waals surface area (Å²) >= 11 is 1.49. The first-order chi connectivity index (χ1) is 13.8. The van der Waals surface area contributed by atoms with Gasteiger partial charge in [0.1, 0.15) is 6.61 Å². The minimum absolute atomic E-state index is 0.305. The summed E-state index contributed by atoms with van der Waals surface area (Å²) < 4.78 is 35.9. The Morgan fingerprint density at radius 2 is 1.83 bits per heavy atom. The van der Waals surface area contributed by atoms with Gasteiger partial charge in [0.2, 0.25) is 10.0 Å². The fourth-order valence-corrected chi connectivity index (χ4v) is 3.53. The summed E-state index contributed by atoms with van der Waals surface area (Å²) in [6.45, 7) is 0.305. The first-order valence-electron chi connectivity index (χ1n) is 8.41. The Hall–Kier alpha value is -3.11. The highest BCUT2D eigenvalue weighted by atomic mass is 32.2. The second-order valence-electron chi connectivity index (χ2n) is 6.04. The van der Waals surface area contributed by atoms with Crippen LogP contribution >= 0.6 is 11.3 Å². The third kappa shape index (κ3) is 5.93. The number of ether oxygens (including phenoxy) is 2. The summed E-state index contributed by atoms with van der Waals surface area (Å²) in [6.07, 6.45) is 1.07. The Kier molecular flexibility index (Phi) is 6.35. The van der Waals surface area contributed by atoms with Gasteiger partial charge in [-0.15, -0.1) is 11.3 Å². The second kappa shape index (κ2) is 8.93. The van der Waals surface area contributed by atoms with Crippen molar-refractivity contribution in [3.8, 4) is 11.5 Å². The molecule has 3 rings (SSSR count). The molecule has 0 aliphatic heterocycles. The molecule has 0 unspecified atom stereocenters. The summed E-state index contributed by atoms with van der Waals surface area (Å²) in [5.74, 6) is 0.604. The number of nitrogens with zero attached hydrogens (tertiary/aromatic N) is 1. The fourth-order valence-electron chi connectivity index (χ4n) is 2.43. The van der Waals surface area contributed by atoms with Crippen LogP contribution in [-0.2, 0) is 16.6 Å². The van der Waals surface area contributed by atoms with Crippen LogP contribution in [0.2, 0.25) is 0 Å². The van der Waals surface area contributed by atoms with Gasteiger partial charge in [0.05, 0.1) is 24.6 Å². The van der Waals surface area contributed by atoms with Crippen molar-refractivity contribution in [3.05, 3.63) is 64.6 Å². The number of carbonyl (C=O) groups excluding carboxylic acids is 1. The zero-order valence-corrected chi connectivity index (χ0v) is 17.3. The van der Waals surface area contributed by atoms with E-state index in [0.29, 0.717) is 35.0 Å². The number of methoxy groups -OCH3 is 1. The number of nitrogens with one attached hydrogen (secondary N) is 2. The van der Waals surface area contributed by atoms with Crippen LogP contribution in [0.15, 0.2) is 53.4 Å². The molecular weight excluding hydrogens is 414 g/mol. The van der Waals surface area contributed by atoms with Crippen LogP contribution in [0.25, 0.3) is 0 Å². The SMILES string of the molecule is COc1cc(C(=O)Nc2ccc(NS(C)(=O)=O)cc2)ccc1OCc1cscn1. The third-order valence-corrected chi connectivity index (χ3v) is 4.97. The molecule has 10 heteroatoms. The Morgan fingerprint density at radius 3 is 2.45 bits per heavy atom. The molecule has 0 saturated heterocycles. The maximum atomic E-state index is 12.5. The zero-order valence-electron chi connectivity index (χ0n) is 15.7. The van der Waals surface area contributed by atoms with Crippen molar-refractivity contribution >= 4 is 38.6 Å². The van der Waals surface area contributed by atoms with Gasteiger partial charge in [0, 0.05) is 22.3 Å². The van der Waals surface area contributed by atoms with Crippen molar-refractivity contribution in [2.45, 2.75) is 6.61 Å². The molecule has 1 aromatic heterocycles. The van der Waals surface area contributed by atoms with Crippen LogP contribution in [0.4, 0.5) is 11.4 Å². The van der Waals surface area contributed by atoms with Gasteiger partial charge in [-0.25, -0.2) is 13.4 Å². The standard InChI is InChI=1S/C19H19N3O5S2/c1-26-18-9-13(3-8-17(18)27-10-16-11-28-12-20-16)19(23)21-14-4-6-15(7-5-14)22-29(2,24)25/h3-9,11-12,22H,10H2,1-2H3,(H,21,23). The minimum Gasteiger partial charge on any atom is -0.493 e. The van der Waals surface area contributed by atoms with E-state index in [0.717, 1.165) is 11.9 Å². The molecule has 152 valence electrons. The Labute approximate surface area is 172 Å². The monoisotopic (exact) mass is 433 g/mol. The number of anilines is 2. The summed E-state index contributed by atoms with van der Waals surface area (Å²) in [4.78, 5) is 16.7. The van der Waals surface area contributed by atoms with Gasteiger partial charge in [0.15, 0.2) is 11.5 Å². The quantitative estimate of drug-likeness (QED) is 0.564. The van der Waals surface area contributed by atoms with Gasteiger partial charge in [0.25, 0.3) is 5.91 Å². The average Bonchev–Trinajstić information content (AvgIpc) is 3.20. The molecule has 2 N–H and O–H groups in total. The Morgan fingerprint density at radius 1 is 1.10 bits per heavy atom. The predicted octanol–water partition coefficient (Wildman–Crippen LogP) is 3.35. The highest BCUT2D eigenvalue weighted by Gasteiger charge is 2.12. The number of amides is 1. The number of carbonyl (C=O) groups is 1.